The number of carbonyl (C=O) groups is 1. The van der Waals surface area contributed by atoms with Crippen molar-refractivity contribution in [3.63, 3.8) is 0 Å². The van der Waals surface area contributed by atoms with Gasteiger partial charge in [0.1, 0.15) is 5.82 Å². The number of benzene rings is 1. The minimum atomic E-state index is 0.0358. The standard InChI is InChI=1S/C16H18N2O/c1-4-18(14-9-7-12(2)8-10-14)16-15(13(3)19)6-5-11-17-16/h5-11H,4H2,1-3H3. The number of aryl methyl sites for hydroxylation is 1. The molecule has 0 amide bonds. The number of hydrogen-bond acceptors (Lipinski definition) is 3. The van der Waals surface area contributed by atoms with Crippen LogP contribution in [0.4, 0.5) is 11.5 Å². The fourth-order valence-corrected chi connectivity index (χ4v) is 2.07. The highest BCUT2D eigenvalue weighted by Gasteiger charge is 2.15. The lowest BCUT2D eigenvalue weighted by molar-refractivity contribution is 0.101. The largest absolute Gasteiger partial charge is 0.326 e. The average molecular weight is 254 g/mol. The Labute approximate surface area is 113 Å². The Morgan fingerprint density at radius 1 is 1.21 bits per heavy atom. The van der Waals surface area contributed by atoms with Crippen LogP contribution < -0.4 is 4.90 Å². The van der Waals surface area contributed by atoms with Crippen LogP contribution >= 0.6 is 0 Å². The van der Waals surface area contributed by atoms with Gasteiger partial charge in [-0.3, -0.25) is 4.79 Å². The third-order valence-corrected chi connectivity index (χ3v) is 3.08. The number of carbonyl (C=O) groups excluding carboxylic acids is 1. The zero-order valence-electron chi connectivity index (χ0n) is 11.6. The van der Waals surface area contributed by atoms with Gasteiger partial charge < -0.3 is 4.90 Å². The number of aromatic nitrogens is 1. The normalized spacial score (nSPS) is 10.3. The molecule has 0 bridgehead atoms. The lowest BCUT2D eigenvalue weighted by atomic mass is 10.1. The third kappa shape index (κ3) is 2.81. The first-order valence-electron chi connectivity index (χ1n) is 6.43. The second-order valence-corrected chi connectivity index (χ2v) is 4.51. The van der Waals surface area contributed by atoms with E-state index < -0.39 is 0 Å². The van der Waals surface area contributed by atoms with Gasteiger partial charge in [0.05, 0.1) is 5.56 Å². The molecule has 0 fully saturated rings. The molecule has 0 aliphatic heterocycles. The summed E-state index contributed by atoms with van der Waals surface area (Å²) in [6.07, 6.45) is 1.72. The Hall–Kier alpha value is -2.16. The quantitative estimate of drug-likeness (QED) is 0.779. The summed E-state index contributed by atoms with van der Waals surface area (Å²) in [6.45, 7) is 6.45. The van der Waals surface area contributed by atoms with Crippen LogP contribution in [0.1, 0.15) is 29.8 Å². The highest BCUT2D eigenvalue weighted by atomic mass is 16.1. The molecular formula is C16H18N2O. The van der Waals surface area contributed by atoms with Crippen LogP contribution in [0.5, 0.6) is 0 Å². The molecule has 0 saturated heterocycles. The number of pyridine rings is 1. The van der Waals surface area contributed by atoms with Crippen molar-refractivity contribution < 1.29 is 4.79 Å². The van der Waals surface area contributed by atoms with Gasteiger partial charge in [0, 0.05) is 18.4 Å². The predicted molar refractivity (Wildman–Crippen MR) is 78.1 cm³/mol. The molecule has 1 heterocycles. The van der Waals surface area contributed by atoms with Crippen molar-refractivity contribution in [3.05, 3.63) is 53.7 Å². The first-order valence-corrected chi connectivity index (χ1v) is 6.43. The number of anilines is 2. The number of Topliss-reactive ketones (excluding diaryl/α,β-unsaturated/α-hetero) is 1. The van der Waals surface area contributed by atoms with Crippen LogP contribution in [0.2, 0.25) is 0 Å². The first kappa shape index (κ1) is 13.3. The molecule has 98 valence electrons. The fourth-order valence-electron chi connectivity index (χ4n) is 2.07. The van der Waals surface area contributed by atoms with E-state index in [9.17, 15) is 4.79 Å². The minimum Gasteiger partial charge on any atom is -0.326 e. The van der Waals surface area contributed by atoms with Crippen LogP contribution in [0.25, 0.3) is 0 Å². The second-order valence-electron chi connectivity index (χ2n) is 4.51. The molecule has 0 aliphatic carbocycles. The van der Waals surface area contributed by atoms with Crippen LogP contribution in [0.15, 0.2) is 42.6 Å². The molecule has 0 spiro atoms. The maximum atomic E-state index is 11.7. The van der Waals surface area contributed by atoms with E-state index in [2.05, 4.69) is 48.0 Å². The van der Waals surface area contributed by atoms with Gasteiger partial charge in [-0.05, 0) is 45.0 Å². The van der Waals surface area contributed by atoms with Crippen LogP contribution in [-0.2, 0) is 0 Å². The highest BCUT2D eigenvalue weighted by Crippen LogP contribution is 2.26. The summed E-state index contributed by atoms with van der Waals surface area (Å²) < 4.78 is 0. The Morgan fingerprint density at radius 2 is 1.89 bits per heavy atom. The van der Waals surface area contributed by atoms with E-state index in [0.29, 0.717) is 5.56 Å². The lowest BCUT2D eigenvalue weighted by Crippen LogP contribution is -2.20. The Kier molecular flexibility index (Phi) is 3.95. The van der Waals surface area contributed by atoms with Gasteiger partial charge in [0.2, 0.25) is 0 Å². The van der Waals surface area contributed by atoms with Crippen molar-refractivity contribution in [1.82, 2.24) is 4.98 Å². The van der Waals surface area contributed by atoms with Crippen molar-refractivity contribution >= 4 is 17.3 Å². The molecule has 3 nitrogen and oxygen atoms in total. The summed E-state index contributed by atoms with van der Waals surface area (Å²) >= 11 is 0. The maximum absolute atomic E-state index is 11.7. The van der Waals surface area contributed by atoms with Gasteiger partial charge >= 0.3 is 0 Å². The van der Waals surface area contributed by atoms with Crippen molar-refractivity contribution in [2.24, 2.45) is 0 Å². The van der Waals surface area contributed by atoms with E-state index >= 15 is 0 Å². The van der Waals surface area contributed by atoms with Gasteiger partial charge in [-0.25, -0.2) is 4.98 Å². The molecule has 0 aliphatic rings. The molecule has 2 rings (SSSR count). The summed E-state index contributed by atoms with van der Waals surface area (Å²) in [4.78, 5) is 18.1. The number of rotatable bonds is 4. The lowest BCUT2D eigenvalue weighted by Gasteiger charge is -2.24. The molecule has 0 atom stereocenters. The van der Waals surface area contributed by atoms with E-state index in [1.807, 2.05) is 6.07 Å². The van der Waals surface area contributed by atoms with Gasteiger partial charge in [-0.2, -0.15) is 0 Å². The van der Waals surface area contributed by atoms with Crippen molar-refractivity contribution in [1.29, 1.82) is 0 Å². The first-order chi connectivity index (χ1) is 9.13. The zero-order chi connectivity index (χ0) is 13.8. The van der Waals surface area contributed by atoms with Crippen LogP contribution in [0, 0.1) is 6.92 Å². The minimum absolute atomic E-state index is 0.0358. The Balaban J connectivity index is 2.48. The average Bonchev–Trinajstić information content (AvgIpc) is 2.42. The fraction of sp³-hybridized carbons (Fsp3) is 0.250. The molecule has 0 saturated carbocycles. The summed E-state index contributed by atoms with van der Waals surface area (Å²) in [5.74, 6) is 0.759. The SMILES string of the molecule is CCN(c1ccc(C)cc1)c1ncccc1C(C)=O. The van der Waals surface area contributed by atoms with E-state index in [4.69, 9.17) is 0 Å². The van der Waals surface area contributed by atoms with Gasteiger partial charge in [-0.1, -0.05) is 17.7 Å². The number of hydrogen-bond donors (Lipinski definition) is 0. The molecule has 3 heteroatoms. The molecule has 1 aromatic carbocycles. The summed E-state index contributed by atoms with van der Waals surface area (Å²) in [6, 6.07) is 11.8. The molecule has 1 aromatic heterocycles. The topological polar surface area (TPSA) is 33.2 Å². The Morgan fingerprint density at radius 3 is 2.47 bits per heavy atom. The predicted octanol–water partition coefficient (Wildman–Crippen LogP) is 3.75. The van der Waals surface area contributed by atoms with E-state index in [1.54, 1.807) is 19.2 Å². The summed E-state index contributed by atoms with van der Waals surface area (Å²) in [7, 11) is 0. The molecule has 0 unspecified atom stereocenters. The molecule has 0 N–H and O–H groups in total. The van der Waals surface area contributed by atoms with Crippen molar-refractivity contribution in [2.75, 3.05) is 11.4 Å². The molecule has 19 heavy (non-hydrogen) atoms. The van der Waals surface area contributed by atoms with Gasteiger partial charge in [0.25, 0.3) is 0 Å². The number of ketones is 1. The van der Waals surface area contributed by atoms with E-state index in [1.165, 1.54) is 5.56 Å². The zero-order valence-corrected chi connectivity index (χ0v) is 11.6. The van der Waals surface area contributed by atoms with Gasteiger partial charge in [-0.15, -0.1) is 0 Å². The van der Waals surface area contributed by atoms with E-state index in [-0.39, 0.29) is 5.78 Å². The van der Waals surface area contributed by atoms with Crippen LogP contribution in [0.3, 0.4) is 0 Å². The number of nitrogens with zero attached hydrogens (tertiary/aromatic N) is 2. The van der Waals surface area contributed by atoms with E-state index in [0.717, 1.165) is 18.1 Å². The summed E-state index contributed by atoms with van der Waals surface area (Å²) in [5, 5.41) is 0. The third-order valence-electron chi connectivity index (χ3n) is 3.08. The smallest absolute Gasteiger partial charge is 0.163 e. The second kappa shape index (κ2) is 5.65. The van der Waals surface area contributed by atoms with Crippen molar-refractivity contribution in [2.45, 2.75) is 20.8 Å². The monoisotopic (exact) mass is 254 g/mol. The molecule has 0 radical (unpaired) electrons. The molecular weight excluding hydrogens is 236 g/mol. The molecule has 2 aromatic rings. The highest BCUT2D eigenvalue weighted by molar-refractivity contribution is 5.99. The van der Waals surface area contributed by atoms with Crippen LogP contribution in [-0.4, -0.2) is 17.3 Å². The Bertz CT molecular complexity index is 576. The van der Waals surface area contributed by atoms with Gasteiger partial charge in [0.15, 0.2) is 5.78 Å². The van der Waals surface area contributed by atoms with Crippen molar-refractivity contribution in [3.8, 4) is 0 Å². The maximum Gasteiger partial charge on any atom is 0.163 e. The summed E-state index contributed by atoms with van der Waals surface area (Å²) in [5.41, 5.74) is 2.92.